The summed E-state index contributed by atoms with van der Waals surface area (Å²) >= 11 is 6.34. The summed E-state index contributed by atoms with van der Waals surface area (Å²) in [4.78, 5) is 23.7. The van der Waals surface area contributed by atoms with Crippen molar-refractivity contribution >= 4 is 23.5 Å². The molecule has 1 N–H and O–H groups in total. The van der Waals surface area contributed by atoms with Crippen molar-refractivity contribution < 1.29 is 19.4 Å². The number of esters is 1. The topological polar surface area (TPSA) is 63.6 Å². The van der Waals surface area contributed by atoms with E-state index >= 15 is 0 Å². The molecule has 0 aliphatic rings. The Labute approximate surface area is 130 Å². The first-order chi connectivity index (χ1) is 9.83. The van der Waals surface area contributed by atoms with Gasteiger partial charge in [0.15, 0.2) is 0 Å². The lowest BCUT2D eigenvalue weighted by molar-refractivity contribution is 0.0514. The number of aromatic carboxylic acids is 1. The van der Waals surface area contributed by atoms with Crippen LogP contribution in [0.3, 0.4) is 0 Å². The lowest BCUT2D eigenvalue weighted by Gasteiger charge is -2.17. The summed E-state index contributed by atoms with van der Waals surface area (Å²) in [5.74, 6) is -1.55. The maximum atomic E-state index is 12.1. The van der Waals surface area contributed by atoms with E-state index in [9.17, 15) is 14.7 Å². The molecule has 21 heavy (non-hydrogen) atoms. The van der Waals surface area contributed by atoms with Gasteiger partial charge >= 0.3 is 11.9 Å². The van der Waals surface area contributed by atoms with E-state index in [-0.39, 0.29) is 23.7 Å². The van der Waals surface area contributed by atoms with Crippen molar-refractivity contribution in [3.05, 3.63) is 33.3 Å². The zero-order chi connectivity index (χ0) is 16.2. The first-order valence-electron chi connectivity index (χ1n) is 7.08. The van der Waals surface area contributed by atoms with Crippen LogP contribution in [0.4, 0.5) is 0 Å². The van der Waals surface area contributed by atoms with Gasteiger partial charge in [-0.1, -0.05) is 32.4 Å². The molecule has 4 nitrogen and oxygen atoms in total. The van der Waals surface area contributed by atoms with Gasteiger partial charge in [0.25, 0.3) is 0 Å². The van der Waals surface area contributed by atoms with Crippen LogP contribution in [0, 0.1) is 5.92 Å². The fourth-order valence-electron chi connectivity index (χ4n) is 2.25. The Balaban J connectivity index is 3.61. The minimum Gasteiger partial charge on any atom is -0.478 e. The largest absolute Gasteiger partial charge is 0.478 e. The Morgan fingerprint density at radius 1 is 1.33 bits per heavy atom. The molecule has 0 saturated heterocycles. The molecule has 1 aromatic rings. The minimum absolute atomic E-state index is 0.0376. The van der Waals surface area contributed by atoms with Gasteiger partial charge < -0.3 is 9.84 Å². The lowest BCUT2D eigenvalue weighted by atomic mass is 9.91. The van der Waals surface area contributed by atoms with Crippen molar-refractivity contribution in [2.75, 3.05) is 6.61 Å². The zero-order valence-electron chi connectivity index (χ0n) is 12.8. The lowest BCUT2D eigenvalue weighted by Crippen LogP contribution is -2.17. The number of benzene rings is 1. The van der Waals surface area contributed by atoms with Gasteiger partial charge in [0, 0.05) is 5.02 Å². The Kier molecular flexibility index (Phi) is 6.21. The molecule has 5 heteroatoms. The second-order valence-electron chi connectivity index (χ2n) is 5.23. The van der Waals surface area contributed by atoms with Crippen LogP contribution in [0.2, 0.25) is 5.02 Å². The van der Waals surface area contributed by atoms with Gasteiger partial charge in [-0.25, -0.2) is 9.59 Å². The molecule has 0 amide bonds. The summed E-state index contributed by atoms with van der Waals surface area (Å²) < 4.78 is 4.97. The van der Waals surface area contributed by atoms with E-state index in [0.29, 0.717) is 23.4 Å². The van der Waals surface area contributed by atoms with E-state index in [1.54, 1.807) is 6.92 Å². The maximum absolute atomic E-state index is 12.1. The fourth-order valence-corrected chi connectivity index (χ4v) is 2.61. The summed E-state index contributed by atoms with van der Waals surface area (Å²) in [5.41, 5.74) is 1.33. The van der Waals surface area contributed by atoms with Crippen LogP contribution in [0.5, 0.6) is 0 Å². The number of carbonyl (C=O) groups excluding carboxylic acids is 1. The Morgan fingerprint density at radius 2 is 1.95 bits per heavy atom. The Morgan fingerprint density at radius 3 is 2.38 bits per heavy atom. The Bertz CT molecular complexity index is 550. The number of aryl methyl sites for hydroxylation is 1. The molecule has 0 aliphatic heterocycles. The van der Waals surface area contributed by atoms with Gasteiger partial charge in [0.2, 0.25) is 0 Å². The molecule has 0 bridgehead atoms. The number of carboxylic acids is 1. The minimum atomic E-state index is -1.15. The quantitative estimate of drug-likeness (QED) is 0.807. The van der Waals surface area contributed by atoms with Gasteiger partial charge in [0.05, 0.1) is 17.7 Å². The van der Waals surface area contributed by atoms with E-state index in [0.717, 1.165) is 5.56 Å². The third-order valence-electron chi connectivity index (χ3n) is 3.14. The van der Waals surface area contributed by atoms with Gasteiger partial charge in [-0.05, 0) is 42.9 Å². The molecule has 0 saturated carbocycles. The average molecular weight is 313 g/mol. The standard InChI is InChI=1S/C16H21ClO4/c1-5-10-8-12(16(20)21-6-2)13(15(18)19)11(14(10)17)7-9(3)4/h8-9H,5-7H2,1-4H3,(H,18,19). The smallest absolute Gasteiger partial charge is 0.339 e. The molecule has 1 rings (SSSR count). The Hall–Kier alpha value is -1.55. The molecule has 0 unspecified atom stereocenters. The highest BCUT2D eigenvalue weighted by molar-refractivity contribution is 6.33. The third-order valence-corrected chi connectivity index (χ3v) is 3.61. The van der Waals surface area contributed by atoms with Crippen LogP contribution < -0.4 is 0 Å². The number of carboxylic acid groups (broad SMARTS) is 1. The molecule has 0 spiro atoms. The van der Waals surface area contributed by atoms with Crippen molar-refractivity contribution in [3.8, 4) is 0 Å². The highest BCUT2D eigenvalue weighted by Gasteiger charge is 2.26. The van der Waals surface area contributed by atoms with Crippen LogP contribution in [-0.4, -0.2) is 23.7 Å². The highest BCUT2D eigenvalue weighted by Crippen LogP contribution is 2.31. The monoisotopic (exact) mass is 312 g/mol. The second-order valence-corrected chi connectivity index (χ2v) is 5.61. The zero-order valence-corrected chi connectivity index (χ0v) is 13.6. The summed E-state index contributed by atoms with van der Waals surface area (Å²) in [6, 6.07) is 1.54. The summed E-state index contributed by atoms with van der Waals surface area (Å²) in [6.45, 7) is 7.75. The SMILES string of the molecule is CCOC(=O)c1cc(CC)c(Cl)c(CC(C)C)c1C(=O)O. The van der Waals surface area contributed by atoms with E-state index < -0.39 is 11.9 Å². The van der Waals surface area contributed by atoms with Crippen molar-refractivity contribution in [3.63, 3.8) is 0 Å². The van der Waals surface area contributed by atoms with E-state index in [1.165, 1.54) is 6.07 Å². The van der Waals surface area contributed by atoms with Crippen molar-refractivity contribution in [2.45, 2.75) is 40.5 Å². The summed E-state index contributed by atoms with van der Waals surface area (Å²) in [7, 11) is 0. The number of halogens is 1. The molecule has 116 valence electrons. The van der Waals surface area contributed by atoms with Gasteiger partial charge in [-0.15, -0.1) is 0 Å². The third kappa shape index (κ3) is 3.97. The van der Waals surface area contributed by atoms with Crippen molar-refractivity contribution in [1.29, 1.82) is 0 Å². The van der Waals surface area contributed by atoms with Crippen LogP contribution in [0.1, 0.15) is 59.5 Å². The van der Waals surface area contributed by atoms with Crippen molar-refractivity contribution in [2.24, 2.45) is 5.92 Å². The molecule has 0 aliphatic carbocycles. The molecule has 1 aromatic carbocycles. The molecular weight excluding hydrogens is 292 g/mol. The van der Waals surface area contributed by atoms with E-state index in [2.05, 4.69) is 0 Å². The molecular formula is C16H21ClO4. The number of ether oxygens (including phenoxy) is 1. The first-order valence-corrected chi connectivity index (χ1v) is 7.45. The van der Waals surface area contributed by atoms with E-state index in [4.69, 9.17) is 16.3 Å². The predicted octanol–water partition coefficient (Wildman–Crippen LogP) is 3.98. The fraction of sp³-hybridized carbons (Fsp3) is 0.500. The highest BCUT2D eigenvalue weighted by atomic mass is 35.5. The number of hydrogen-bond acceptors (Lipinski definition) is 3. The number of hydrogen-bond donors (Lipinski definition) is 1. The van der Waals surface area contributed by atoms with Crippen LogP contribution >= 0.6 is 11.6 Å². The maximum Gasteiger partial charge on any atom is 0.339 e. The van der Waals surface area contributed by atoms with Gasteiger partial charge in [-0.2, -0.15) is 0 Å². The average Bonchev–Trinajstić information content (AvgIpc) is 2.39. The van der Waals surface area contributed by atoms with E-state index in [1.807, 2.05) is 20.8 Å². The van der Waals surface area contributed by atoms with Crippen LogP contribution in [0.15, 0.2) is 6.07 Å². The normalized spacial score (nSPS) is 10.8. The molecule has 0 fully saturated rings. The summed E-state index contributed by atoms with van der Waals surface area (Å²) in [5, 5.41) is 9.94. The van der Waals surface area contributed by atoms with Gasteiger partial charge in [0.1, 0.15) is 0 Å². The van der Waals surface area contributed by atoms with Crippen LogP contribution in [-0.2, 0) is 17.6 Å². The first kappa shape index (κ1) is 17.5. The molecule has 0 atom stereocenters. The number of rotatable bonds is 6. The summed E-state index contributed by atoms with van der Waals surface area (Å²) in [6.07, 6.45) is 1.12. The van der Waals surface area contributed by atoms with Gasteiger partial charge in [-0.3, -0.25) is 0 Å². The second kappa shape index (κ2) is 7.46. The van der Waals surface area contributed by atoms with Crippen LogP contribution in [0.25, 0.3) is 0 Å². The number of carbonyl (C=O) groups is 2. The predicted molar refractivity (Wildman–Crippen MR) is 82.3 cm³/mol. The van der Waals surface area contributed by atoms with Crippen molar-refractivity contribution in [1.82, 2.24) is 0 Å². The molecule has 0 radical (unpaired) electrons. The molecule has 0 aromatic heterocycles. The molecule has 0 heterocycles.